The highest BCUT2D eigenvalue weighted by Crippen LogP contribution is 2.30. The second-order valence-electron chi connectivity index (χ2n) is 3.05. The van der Waals surface area contributed by atoms with Crippen molar-refractivity contribution in [3.63, 3.8) is 0 Å². The van der Waals surface area contributed by atoms with Gasteiger partial charge in [-0.25, -0.2) is 0 Å². The van der Waals surface area contributed by atoms with E-state index in [0.29, 0.717) is 22.5 Å². The number of nitrogens with zero attached hydrogens (tertiary/aromatic N) is 2. The fourth-order valence-electron chi connectivity index (χ4n) is 1.49. The van der Waals surface area contributed by atoms with Gasteiger partial charge in [-0.3, -0.25) is 4.98 Å². The number of ether oxygens (including phenoxy) is 1. The Morgan fingerprint density at radius 1 is 1.53 bits per heavy atom. The largest absolute Gasteiger partial charge is 0.494 e. The number of fused-ring (bicyclic) bond motifs is 1. The van der Waals surface area contributed by atoms with Crippen LogP contribution in [0.1, 0.15) is 5.56 Å². The Kier molecular flexibility index (Phi) is 2.14. The van der Waals surface area contributed by atoms with Crippen LogP contribution in [-0.2, 0) is 0 Å². The van der Waals surface area contributed by atoms with E-state index in [0.717, 1.165) is 5.39 Å². The molecule has 74 valence electrons. The summed E-state index contributed by atoms with van der Waals surface area (Å²) in [5.74, 6) is 0.566. The summed E-state index contributed by atoms with van der Waals surface area (Å²) in [5, 5.41) is 9.64. The van der Waals surface area contributed by atoms with Gasteiger partial charge in [0.15, 0.2) is 0 Å². The van der Waals surface area contributed by atoms with Gasteiger partial charge in [-0.05, 0) is 12.1 Å². The number of benzene rings is 1. The van der Waals surface area contributed by atoms with Crippen LogP contribution in [0.2, 0.25) is 0 Å². The number of nitrogen functional groups attached to an aromatic ring is 1. The molecular formula is C11H9N3O. The molecule has 4 heteroatoms. The molecule has 1 heterocycles. The molecule has 0 unspecified atom stereocenters. The maximum Gasteiger partial charge on any atom is 0.146 e. The number of rotatable bonds is 1. The lowest BCUT2D eigenvalue weighted by atomic mass is 10.1. The molecule has 2 rings (SSSR count). The molecule has 0 aliphatic carbocycles. The van der Waals surface area contributed by atoms with Crippen molar-refractivity contribution in [2.24, 2.45) is 0 Å². The SMILES string of the molecule is COc1cc(C#N)c(N)c2cccnc12. The summed E-state index contributed by atoms with van der Waals surface area (Å²) in [6.07, 6.45) is 1.66. The van der Waals surface area contributed by atoms with Crippen LogP contribution in [-0.4, -0.2) is 12.1 Å². The first-order chi connectivity index (χ1) is 7.27. The Balaban J connectivity index is 2.92. The Hall–Kier alpha value is -2.28. The van der Waals surface area contributed by atoms with Gasteiger partial charge in [0.1, 0.15) is 17.3 Å². The van der Waals surface area contributed by atoms with Gasteiger partial charge in [-0.2, -0.15) is 5.26 Å². The summed E-state index contributed by atoms with van der Waals surface area (Å²) in [6, 6.07) is 7.23. The van der Waals surface area contributed by atoms with E-state index in [4.69, 9.17) is 15.7 Å². The van der Waals surface area contributed by atoms with E-state index < -0.39 is 0 Å². The highest BCUT2D eigenvalue weighted by Gasteiger charge is 2.10. The van der Waals surface area contributed by atoms with E-state index in [9.17, 15) is 0 Å². The molecule has 0 radical (unpaired) electrons. The van der Waals surface area contributed by atoms with Gasteiger partial charge in [0, 0.05) is 17.6 Å². The predicted molar refractivity (Wildman–Crippen MR) is 57.4 cm³/mol. The number of nitrogens with two attached hydrogens (primary N) is 1. The summed E-state index contributed by atoms with van der Waals surface area (Å²) in [6.45, 7) is 0. The second-order valence-corrected chi connectivity index (χ2v) is 3.05. The number of nitriles is 1. The van der Waals surface area contributed by atoms with Crippen LogP contribution in [0.5, 0.6) is 5.75 Å². The van der Waals surface area contributed by atoms with Crippen molar-refractivity contribution in [3.8, 4) is 11.8 Å². The van der Waals surface area contributed by atoms with Crippen molar-refractivity contribution in [1.82, 2.24) is 4.98 Å². The minimum absolute atomic E-state index is 0.410. The number of methoxy groups -OCH3 is 1. The normalized spacial score (nSPS) is 9.87. The van der Waals surface area contributed by atoms with E-state index in [-0.39, 0.29) is 0 Å². The number of hydrogen-bond donors (Lipinski definition) is 1. The predicted octanol–water partition coefficient (Wildman–Crippen LogP) is 1.70. The molecule has 4 nitrogen and oxygen atoms in total. The molecule has 1 aromatic heterocycles. The Morgan fingerprint density at radius 2 is 2.33 bits per heavy atom. The molecule has 0 saturated carbocycles. The van der Waals surface area contributed by atoms with Gasteiger partial charge in [0.05, 0.1) is 18.4 Å². The second kappa shape index (κ2) is 3.46. The lowest BCUT2D eigenvalue weighted by Gasteiger charge is -2.07. The molecule has 2 N–H and O–H groups in total. The molecule has 0 atom stereocenters. The summed E-state index contributed by atoms with van der Waals surface area (Å²) in [7, 11) is 1.54. The lowest BCUT2D eigenvalue weighted by Crippen LogP contribution is -1.96. The minimum Gasteiger partial charge on any atom is -0.494 e. The Labute approximate surface area is 86.9 Å². The van der Waals surface area contributed by atoms with Crippen LogP contribution in [0.4, 0.5) is 5.69 Å². The molecule has 0 bridgehead atoms. The third-order valence-electron chi connectivity index (χ3n) is 2.24. The molecule has 0 saturated heterocycles. The topological polar surface area (TPSA) is 71.9 Å². The highest BCUT2D eigenvalue weighted by atomic mass is 16.5. The van der Waals surface area contributed by atoms with Crippen LogP contribution >= 0.6 is 0 Å². The van der Waals surface area contributed by atoms with Gasteiger partial charge in [0.25, 0.3) is 0 Å². The van der Waals surface area contributed by atoms with Crippen LogP contribution in [0.15, 0.2) is 24.4 Å². The Morgan fingerprint density at radius 3 is 3.00 bits per heavy atom. The van der Waals surface area contributed by atoms with E-state index in [1.807, 2.05) is 12.1 Å². The van der Waals surface area contributed by atoms with Crippen molar-refractivity contribution in [2.75, 3.05) is 12.8 Å². The molecule has 0 spiro atoms. The summed E-state index contributed by atoms with van der Waals surface area (Å²) in [4.78, 5) is 4.17. The summed E-state index contributed by atoms with van der Waals surface area (Å²) in [5.41, 5.74) is 7.37. The number of pyridine rings is 1. The van der Waals surface area contributed by atoms with Crippen molar-refractivity contribution >= 4 is 16.6 Å². The average molecular weight is 199 g/mol. The number of anilines is 1. The quantitative estimate of drug-likeness (QED) is 0.709. The monoisotopic (exact) mass is 199 g/mol. The molecule has 0 aliphatic heterocycles. The van der Waals surface area contributed by atoms with Crippen molar-refractivity contribution < 1.29 is 4.74 Å². The molecule has 1 aromatic carbocycles. The number of hydrogen-bond acceptors (Lipinski definition) is 4. The van der Waals surface area contributed by atoms with E-state index in [1.165, 1.54) is 0 Å². The zero-order chi connectivity index (χ0) is 10.8. The smallest absolute Gasteiger partial charge is 0.146 e. The fourth-order valence-corrected chi connectivity index (χ4v) is 1.49. The van der Waals surface area contributed by atoms with Crippen molar-refractivity contribution in [3.05, 3.63) is 30.0 Å². The maximum atomic E-state index is 8.89. The molecular weight excluding hydrogens is 190 g/mol. The molecule has 15 heavy (non-hydrogen) atoms. The van der Waals surface area contributed by atoms with Gasteiger partial charge in [-0.15, -0.1) is 0 Å². The average Bonchev–Trinajstić information content (AvgIpc) is 2.30. The molecule has 2 aromatic rings. The van der Waals surface area contributed by atoms with Crippen LogP contribution in [0.3, 0.4) is 0 Å². The zero-order valence-corrected chi connectivity index (χ0v) is 8.19. The highest BCUT2D eigenvalue weighted by molar-refractivity contribution is 5.96. The lowest BCUT2D eigenvalue weighted by molar-refractivity contribution is 0.419. The fraction of sp³-hybridized carbons (Fsp3) is 0.0909. The van der Waals surface area contributed by atoms with Crippen LogP contribution < -0.4 is 10.5 Å². The molecule has 0 aliphatic rings. The van der Waals surface area contributed by atoms with Gasteiger partial charge in [0.2, 0.25) is 0 Å². The van der Waals surface area contributed by atoms with E-state index >= 15 is 0 Å². The Bertz CT molecular complexity index is 557. The first kappa shape index (κ1) is 9.28. The van der Waals surface area contributed by atoms with Crippen molar-refractivity contribution in [1.29, 1.82) is 5.26 Å². The minimum atomic E-state index is 0.410. The zero-order valence-electron chi connectivity index (χ0n) is 8.19. The molecule has 0 fully saturated rings. The summed E-state index contributed by atoms with van der Waals surface area (Å²) < 4.78 is 5.16. The summed E-state index contributed by atoms with van der Waals surface area (Å²) >= 11 is 0. The van der Waals surface area contributed by atoms with E-state index in [2.05, 4.69) is 4.98 Å². The molecule has 0 amide bonds. The van der Waals surface area contributed by atoms with Gasteiger partial charge >= 0.3 is 0 Å². The third-order valence-corrected chi connectivity index (χ3v) is 2.24. The van der Waals surface area contributed by atoms with Gasteiger partial charge < -0.3 is 10.5 Å². The third kappa shape index (κ3) is 1.34. The van der Waals surface area contributed by atoms with Crippen molar-refractivity contribution in [2.45, 2.75) is 0 Å². The van der Waals surface area contributed by atoms with Crippen LogP contribution in [0.25, 0.3) is 10.9 Å². The number of aromatic nitrogens is 1. The van der Waals surface area contributed by atoms with Crippen LogP contribution in [0, 0.1) is 11.3 Å². The first-order valence-electron chi connectivity index (χ1n) is 4.39. The van der Waals surface area contributed by atoms with Gasteiger partial charge in [-0.1, -0.05) is 0 Å². The first-order valence-corrected chi connectivity index (χ1v) is 4.39. The standard InChI is InChI=1S/C11H9N3O/c1-15-9-5-7(6-12)10(13)8-3-2-4-14-11(8)9/h2-5H,13H2,1H3. The van der Waals surface area contributed by atoms with E-state index in [1.54, 1.807) is 25.4 Å². The maximum absolute atomic E-state index is 8.89.